The van der Waals surface area contributed by atoms with Crippen molar-refractivity contribution in [2.75, 3.05) is 18.0 Å². The molecule has 0 spiro atoms. The van der Waals surface area contributed by atoms with E-state index in [9.17, 15) is 31.5 Å². The number of nitrogens with one attached hydrogen (secondary N) is 1. The number of piperidine rings is 1. The molecule has 33 heavy (non-hydrogen) atoms. The molecule has 0 bridgehead atoms. The van der Waals surface area contributed by atoms with E-state index < -0.39 is 33.1 Å². The van der Waals surface area contributed by atoms with E-state index >= 15 is 0 Å². The zero-order valence-corrected chi connectivity index (χ0v) is 19.9. The van der Waals surface area contributed by atoms with Gasteiger partial charge < -0.3 is 10.0 Å². The monoisotopic (exact) mass is 505 g/mol. The summed E-state index contributed by atoms with van der Waals surface area (Å²) < 4.78 is 65.8. The van der Waals surface area contributed by atoms with Gasteiger partial charge in [-0.05, 0) is 57.4 Å². The maximum atomic E-state index is 12.7. The summed E-state index contributed by atoms with van der Waals surface area (Å²) in [5.74, 6) is -0.847. The highest BCUT2D eigenvalue weighted by molar-refractivity contribution is 7.89. The van der Waals surface area contributed by atoms with Gasteiger partial charge in [-0.2, -0.15) is 13.2 Å². The number of thiazole rings is 1. The standard InChI is InChI=1S/C21H26F3N3O4S2/c1-20(2,19(28)29)10-7-17-25-13-18(32-17)27-11-8-15(9-12-27)26-33(30,31)16-5-3-14(4-6-16)21(22,23)24/h3-6,13,15,26H,7-12H2,1-2H3,(H,28,29). The minimum Gasteiger partial charge on any atom is -0.481 e. The summed E-state index contributed by atoms with van der Waals surface area (Å²) in [6.07, 6.45) is -0.652. The van der Waals surface area contributed by atoms with Gasteiger partial charge in [0.1, 0.15) is 5.00 Å². The van der Waals surface area contributed by atoms with Crippen LogP contribution in [0.5, 0.6) is 0 Å². The van der Waals surface area contributed by atoms with Gasteiger partial charge in [0.15, 0.2) is 0 Å². The molecule has 1 aromatic heterocycles. The number of aryl methyl sites for hydroxylation is 1. The van der Waals surface area contributed by atoms with Crippen LogP contribution in [-0.2, 0) is 27.4 Å². The molecule has 3 rings (SSSR count). The molecule has 182 valence electrons. The summed E-state index contributed by atoms with van der Waals surface area (Å²) in [6, 6.07) is 3.12. The molecule has 2 N–H and O–H groups in total. The smallest absolute Gasteiger partial charge is 0.416 e. The van der Waals surface area contributed by atoms with Crippen molar-refractivity contribution in [3.8, 4) is 0 Å². The van der Waals surface area contributed by atoms with Crippen LogP contribution < -0.4 is 9.62 Å². The Morgan fingerprint density at radius 2 is 1.82 bits per heavy atom. The Balaban J connectivity index is 1.54. The molecule has 0 saturated carbocycles. The van der Waals surface area contributed by atoms with Crippen LogP contribution in [0.25, 0.3) is 0 Å². The van der Waals surface area contributed by atoms with Gasteiger partial charge in [0.2, 0.25) is 10.0 Å². The molecule has 12 heteroatoms. The van der Waals surface area contributed by atoms with E-state index in [-0.39, 0.29) is 10.9 Å². The zero-order valence-electron chi connectivity index (χ0n) is 18.2. The van der Waals surface area contributed by atoms with Gasteiger partial charge >= 0.3 is 12.1 Å². The molecular weight excluding hydrogens is 479 g/mol. The fourth-order valence-electron chi connectivity index (χ4n) is 3.42. The number of aliphatic carboxylic acids is 1. The Bertz CT molecular complexity index is 1070. The molecule has 1 aliphatic rings. The van der Waals surface area contributed by atoms with Crippen molar-refractivity contribution in [1.82, 2.24) is 9.71 Å². The Morgan fingerprint density at radius 3 is 2.36 bits per heavy atom. The molecule has 1 saturated heterocycles. The van der Waals surface area contributed by atoms with E-state index in [2.05, 4.69) is 14.6 Å². The summed E-state index contributed by atoms with van der Waals surface area (Å²) in [5.41, 5.74) is -1.72. The van der Waals surface area contributed by atoms with Gasteiger partial charge in [0.25, 0.3) is 0 Å². The predicted octanol–water partition coefficient (Wildman–Crippen LogP) is 4.15. The van der Waals surface area contributed by atoms with E-state index in [4.69, 9.17) is 0 Å². The predicted molar refractivity (Wildman–Crippen MR) is 119 cm³/mol. The molecule has 1 aliphatic heterocycles. The number of anilines is 1. The van der Waals surface area contributed by atoms with Crippen molar-refractivity contribution in [2.45, 2.75) is 56.6 Å². The highest BCUT2D eigenvalue weighted by atomic mass is 32.2. The van der Waals surface area contributed by atoms with Crippen LogP contribution in [0, 0.1) is 5.41 Å². The molecule has 1 fully saturated rings. The summed E-state index contributed by atoms with van der Waals surface area (Å²) in [4.78, 5) is 17.5. The minimum absolute atomic E-state index is 0.200. The molecule has 0 amide bonds. The topological polar surface area (TPSA) is 99.6 Å². The van der Waals surface area contributed by atoms with Crippen LogP contribution >= 0.6 is 11.3 Å². The van der Waals surface area contributed by atoms with E-state index in [1.165, 1.54) is 11.3 Å². The lowest BCUT2D eigenvalue weighted by Crippen LogP contribution is -2.44. The van der Waals surface area contributed by atoms with Crippen molar-refractivity contribution in [1.29, 1.82) is 0 Å². The summed E-state index contributed by atoms with van der Waals surface area (Å²) in [5, 5.41) is 11.0. The van der Waals surface area contributed by atoms with Crippen LogP contribution in [0.15, 0.2) is 35.4 Å². The van der Waals surface area contributed by atoms with Gasteiger partial charge in [-0.3, -0.25) is 4.79 Å². The third-order valence-electron chi connectivity index (χ3n) is 5.70. The molecule has 2 aromatic rings. The van der Waals surface area contributed by atoms with E-state index in [1.54, 1.807) is 20.0 Å². The lowest BCUT2D eigenvalue weighted by Gasteiger charge is -2.32. The lowest BCUT2D eigenvalue weighted by molar-refractivity contribution is -0.147. The molecule has 0 unspecified atom stereocenters. The van der Waals surface area contributed by atoms with Crippen LogP contribution in [0.4, 0.5) is 18.2 Å². The molecule has 0 atom stereocenters. The summed E-state index contributed by atoms with van der Waals surface area (Å²) in [7, 11) is -3.92. The largest absolute Gasteiger partial charge is 0.481 e. The number of hydrogen-bond acceptors (Lipinski definition) is 6. The number of nitrogens with zero attached hydrogens (tertiary/aromatic N) is 2. The fourth-order valence-corrected chi connectivity index (χ4v) is 5.69. The average Bonchev–Trinajstić information content (AvgIpc) is 3.21. The number of benzene rings is 1. The number of sulfonamides is 1. The summed E-state index contributed by atoms with van der Waals surface area (Å²) in [6.45, 7) is 4.56. The minimum atomic E-state index is -4.52. The number of halogens is 3. The first-order chi connectivity index (χ1) is 15.3. The Morgan fingerprint density at radius 1 is 1.21 bits per heavy atom. The highest BCUT2D eigenvalue weighted by Crippen LogP contribution is 2.31. The Hall–Kier alpha value is -2.18. The maximum absolute atomic E-state index is 12.7. The van der Waals surface area contributed by atoms with Gasteiger partial charge in [-0.15, -0.1) is 11.3 Å². The van der Waals surface area contributed by atoms with Crippen molar-refractivity contribution in [3.05, 3.63) is 41.0 Å². The fraction of sp³-hybridized carbons (Fsp3) is 0.524. The molecule has 0 aliphatic carbocycles. The second-order valence-corrected chi connectivity index (χ2v) is 11.5. The molecule has 7 nitrogen and oxygen atoms in total. The molecule has 0 radical (unpaired) electrons. The van der Waals surface area contributed by atoms with Crippen LogP contribution in [0.3, 0.4) is 0 Å². The van der Waals surface area contributed by atoms with Crippen molar-refractivity contribution in [2.24, 2.45) is 5.41 Å². The van der Waals surface area contributed by atoms with E-state index in [1.807, 2.05) is 0 Å². The molecular formula is C21H26F3N3O4S2. The quantitative estimate of drug-likeness (QED) is 0.559. The zero-order chi connectivity index (χ0) is 24.4. The van der Waals surface area contributed by atoms with Gasteiger partial charge in [0.05, 0.1) is 27.1 Å². The van der Waals surface area contributed by atoms with Crippen molar-refractivity contribution in [3.63, 3.8) is 0 Å². The number of carboxylic acid groups (broad SMARTS) is 1. The van der Waals surface area contributed by atoms with Crippen molar-refractivity contribution < 1.29 is 31.5 Å². The van der Waals surface area contributed by atoms with Crippen LogP contribution in [0.2, 0.25) is 0 Å². The van der Waals surface area contributed by atoms with E-state index in [0.717, 1.165) is 34.3 Å². The average molecular weight is 506 g/mol. The number of aromatic nitrogens is 1. The van der Waals surface area contributed by atoms with Gasteiger partial charge in [0, 0.05) is 25.6 Å². The first-order valence-corrected chi connectivity index (χ1v) is 12.7. The van der Waals surface area contributed by atoms with Crippen molar-refractivity contribution >= 4 is 32.3 Å². The second-order valence-electron chi connectivity index (χ2n) is 8.69. The Labute approximate surface area is 194 Å². The Kier molecular flexibility index (Phi) is 7.39. The second kappa shape index (κ2) is 9.59. The van der Waals surface area contributed by atoms with Crippen LogP contribution in [0.1, 0.15) is 43.7 Å². The molecule has 2 heterocycles. The highest BCUT2D eigenvalue weighted by Gasteiger charge is 2.31. The number of hydrogen-bond donors (Lipinski definition) is 2. The lowest BCUT2D eigenvalue weighted by atomic mass is 9.88. The van der Waals surface area contributed by atoms with Gasteiger partial charge in [-0.25, -0.2) is 18.1 Å². The first-order valence-electron chi connectivity index (χ1n) is 10.4. The summed E-state index contributed by atoms with van der Waals surface area (Å²) >= 11 is 1.50. The third-order valence-corrected chi connectivity index (χ3v) is 8.36. The number of carbonyl (C=O) groups is 1. The maximum Gasteiger partial charge on any atom is 0.416 e. The number of alkyl halides is 3. The SMILES string of the molecule is CC(C)(CCc1ncc(N2CCC(NS(=O)(=O)c3ccc(C(F)(F)F)cc3)CC2)s1)C(=O)O. The van der Waals surface area contributed by atoms with Crippen LogP contribution in [-0.4, -0.2) is 43.6 Å². The molecule has 1 aromatic carbocycles. The normalized spacial score (nSPS) is 16.2. The van der Waals surface area contributed by atoms with Gasteiger partial charge in [-0.1, -0.05) is 0 Å². The van der Waals surface area contributed by atoms with E-state index in [0.29, 0.717) is 38.8 Å². The first kappa shape index (κ1) is 25.4. The number of carboxylic acids is 1. The third kappa shape index (κ3) is 6.45. The number of rotatable bonds is 8.